The molecule has 1 N–H and O–H groups in total. The summed E-state index contributed by atoms with van der Waals surface area (Å²) in [5.41, 5.74) is -0.619. The number of rotatable bonds is 6. The van der Waals surface area contributed by atoms with E-state index in [1.54, 1.807) is 23.6 Å². The van der Waals surface area contributed by atoms with E-state index in [2.05, 4.69) is 0 Å². The van der Waals surface area contributed by atoms with E-state index in [0.29, 0.717) is 16.0 Å². The number of thiophene rings is 1. The van der Waals surface area contributed by atoms with E-state index >= 15 is 0 Å². The number of fused-ring (bicyclic) bond motifs is 1. The van der Waals surface area contributed by atoms with Crippen molar-refractivity contribution in [1.82, 2.24) is 0 Å². The maximum Gasteiger partial charge on any atom is 0.212 e. The van der Waals surface area contributed by atoms with Crippen LogP contribution in [0.5, 0.6) is 0 Å². The standard InChI is InChI=1S/C20H16ClF2O3PS/c1-27(25,26)20(16-11-28-19-8-6-13(21)9-15(16)19)18(24)4-2-3-12-5-7-14(22)10-17(12)23/h2-3,5-11,20H,4H2,1H3,(H,25,26)/b3-2+. The Morgan fingerprint density at radius 3 is 2.71 bits per heavy atom. The van der Waals surface area contributed by atoms with Crippen LogP contribution >= 0.6 is 30.3 Å². The number of benzene rings is 2. The second kappa shape index (κ2) is 8.26. The van der Waals surface area contributed by atoms with Crippen LogP contribution in [0.4, 0.5) is 8.78 Å². The summed E-state index contributed by atoms with van der Waals surface area (Å²) in [6.45, 7) is 1.15. The van der Waals surface area contributed by atoms with E-state index in [9.17, 15) is 23.0 Å². The van der Waals surface area contributed by atoms with E-state index in [1.807, 2.05) is 0 Å². The van der Waals surface area contributed by atoms with Gasteiger partial charge in [-0.25, -0.2) is 8.78 Å². The molecule has 8 heteroatoms. The van der Waals surface area contributed by atoms with Gasteiger partial charge in [-0.2, -0.15) is 0 Å². The summed E-state index contributed by atoms with van der Waals surface area (Å²) in [6.07, 6.45) is 2.59. The summed E-state index contributed by atoms with van der Waals surface area (Å²) < 4.78 is 40.0. The zero-order valence-corrected chi connectivity index (χ0v) is 17.2. The van der Waals surface area contributed by atoms with E-state index < -0.39 is 30.4 Å². The average molecular weight is 441 g/mol. The molecule has 0 bridgehead atoms. The van der Waals surface area contributed by atoms with Gasteiger partial charge in [-0.3, -0.25) is 9.36 Å². The van der Waals surface area contributed by atoms with E-state index in [0.717, 1.165) is 23.5 Å². The minimum absolute atomic E-state index is 0.127. The maximum absolute atomic E-state index is 13.7. The molecule has 3 rings (SSSR count). The van der Waals surface area contributed by atoms with Crippen LogP contribution in [-0.2, 0) is 9.36 Å². The fourth-order valence-electron chi connectivity index (χ4n) is 2.98. The molecule has 0 amide bonds. The molecular weight excluding hydrogens is 425 g/mol. The third-order valence-corrected chi connectivity index (χ3v) is 6.96. The Bertz CT molecular complexity index is 1120. The molecule has 0 spiro atoms. The van der Waals surface area contributed by atoms with Crippen molar-refractivity contribution in [1.29, 1.82) is 0 Å². The Hall–Kier alpha value is -1.85. The molecule has 2 unspecified atom stereocenters. The third-order valence-electron chi connectivity index (χ3n) is 4.22. The molecular formula is C20H16ClF2O3PS. The lowest BCUT2D eigenvalue weighted by Gasteiger charge is -2.18. The Morgan fingerprint density at radius 1 is 1.29 bits per heavy atom. The number of Topliss-reactive ketones (excluding diaryl/α,β-unsaturated/α-hetero) is 1. The van der Waals surface area contributed by atoms with Crippen LogP contribution in [0.3, 0.4) is 0 Å². The summed E-state index contributed by atoms with van der Waals surface area (Å²) in [6, 6.07) is 8.30. The molecule has 2 aromatic carbocycles. The van der Waals surface area contributed by atoms with Crippen LogP contribution in [0, 0.1) is 11.6 Å². The quantitative estimate of drug-likeness (QED) is 0.448. The molecule has 3 aromatic rings. The van der Waals surface area contributed by atoms with Crippen molar-refractivity contribution < 1.29 is 23.0 Å². The van der Waals surface area contributed by atoms with Gasteiger partial charge in [0.1, 0.15) is 17.3 Å². The normalized spacial score (nSPS) is 15.0. The molecule has 2 atom stereocenters. The minimum Gasteiger partial charge on any atom is -0.344 e. The fourth-order valence-corrected chi connectivity index (χ4v) is 5.59. The number of carbonyl (C=O) groups excluding carboxylic acids is 1. The highest BCUT2D eigenvalue weighted by Crippen LogP contribution is 2.55. The van der Waals surface area contributed by atoms with Gasteiger partial charge in [-0.1, -0.05) is 23.8 Å². The van der Waals surface area contributed by atoms with E-state index in [4.69, 9.17) is 11.6 Å². The minimum atomic E-state index is -3.81. The van der Waals surface area contributed by atoms with Crippen LogP contribution in [0.15, 0.2) is 47.9 Å². The van der Waals surface area contributed by atoms with Crippen LogP contribution < -0.4 is 0 Å². The summed E-state index contributed by atoms with van der Waals surface area (Å²) >= 11 is 7.40. The Labute approximate surface area is 169 Å². The van der Waals surface area contributed by atoms with Crippen molar-refractivity contribution in [2.24, 2.45) is 0 Å². The lowest BCUT2D eigenvalue weighted by Crippen LogP contribution is -2.11. The number of hydrogen-bond acceptors (Lipinski definition) is 3. The molecule has 0 aliphatic rings. The van der Waals surface area contributed by atoms with Crippen molar-refractivity contribution in [3.05, 3.63) is 75.6 Å². The van der Waals surface area contributed by atoms with Crippen molar-refractivity contribution >= 4 is 52.3 Å². The molecule has 0 radical (unpaired) electrons. The highest BCUT2D eigenvalue weighted by Gasteiger charge is 2.35. The van der Waals surface area contributed by atoms with Gasteiger partial charge in [0.2, 0.25) is 7.37 Å². The van der Waals surface area contributed by atoms with E-state index in [1.165, 1.54) is 29.6 Å². The smallest absolute Gasteiger partial charge is 0.212 e. The van der Waals surface area contributed by atoms with Gasteiger partial charge in [-0.05, 0) is 46.7 Å². The number of carbonyl (C=O) groups is 1. The number of allylic oxidation sites excluding steroid dienone is 1. The lowest BCUT2D eigenvalue weighted by atomic mass is 10.0. The monoisotopic (exact) mass is 440 g/mol. The average Bonchev–Trinajstić information content (AvgIpc) is 2.98. The number of halogens is 3. The first-order valence-electron chi connectivity index (χ1n) is 8.27. The van der Waals surface area contributed by atoms with Crippen molar-refractivity contribution in [3.63, 3.8) is 0 Å². The van der Waals surface area contributed by atoms with Gasteiger partial charge in [-0.15, -0.1) is 11.3 Å². The molecule has 3 nitrogen and oxygen atoms in total. The summed E-state index contributed by atoms with van der Waals surface area (Å²) in [7, 11) is -3.81. The number of hydrogen-bond donors (Lipinski definition) is 1. The predicted octanol–water partition coefficient (Wildman–Crippen LogP) is 6.45. The zero-order chi connectivity index (χ0) is 20.5. The third kappa shape index (κ3) is 4.58. The van der Waals surface area contributed by atoms with Gasteiger partial charge in [0.25, 0.3) is 0 Å². The first kappa shape index (κ1) is 20.9. The lowest BCUT2D eigenvalue weighted by molar-refractivity contribution is -0.118. The first-order valence-corrected chi connectivity index (χ1v) is 11.7. The molecule has 28 heavy (non-hydrogen) atoms. The second-order valence-corrected chi connectivity index (χ2v) is 10.2. The molecule has 146 valence electrons. The van der Waals surface area contributed by atoms with Gasteiger partial charge in [0, 0.05) is 34.4 Å². The molecule has 0 aliphatic carbocycles. The molecule has 1 heterocycles. The van der Waals surface area contributed by atoms with Crippen molar-refractivity contribution in [2.45, 2.75) is 12.1 Å². The maximum atomic E-state index is 13.7. The first-order chi connectivity index (χ1) is 13.2. The van der Waals surface area contributed by atoms with Gasteiger partial charge in [0.05, 0.1) is 0 Å². The van der Waals surface area contributed by atoms with Crippen LogP contribution in [0.25, 0.3) is 16.2 Å². The summed E-state index contributed by atoms with van der Waals surface area (Å²) in [5.74, 6) is -1.91. The van der Waals surface area contributed by atoms with Gasteiger partial charge < -0.3 is 4.89 Å². The largest absolute Gasteiger partial charge is 0.344 e. The van der Waals surface area contributed by atoms with E-state index in [-0.39, 0.29) is 12.0 Å². The van der Waals surface area contributed by atoms with Crippen molar-refractivity contribution in [3.8, 4) is 0 Å². The molecule has 1 aromatic heterocycles. The molecule has 0 saturated carbocycles. The highest BCUT2D eigenvalue weighted by atomic mass is 35.5. The SMILES string of the molecule is CP(=O)(O)C(C(=O)C/C=C/c1ccc(F)cc1F)c1csc2ccc(Cl)cc12. The summed E-state index contributed by atoms with van der Waals surface area (Å²) in [4.78, 5) is 23.0. The topological polar surface area (TPSA) is 54.4 Å². The Kier molecular flexibility index (Phi) is 6.15. The van der Waals surface area contributed by atoms with Crippen molar-refractivity contribution in [2.75, 3.05) is 6.66 Å². The fraction of sp³-hybridized carbons (Fsp3) is 0.150. The van der Waals surface area contributed by atoms with Crippen LogP contribution in [0.2, 0.25) is 5.02 Å². The van der Waals surface area contributed by atoms with Gasteiger partial charge >= 0.3 is 0 Å². The van der Waals surface area contributed by atoms with Crippen LogP contribution in [0.1, 0.15) is 23.2 Å². The predicted molar refractivity (Wildman–Crippen MR) is 110 cm³/mol. The zero-order valence-electron chi connectivity index (χ0n) is 14.7. The Morgan fingerprint density at radius 2 is 2.04 bits per heavy atom. The Balaban J connectivity index is 1.89. The molecule has 0 fully saturated rings. The highest BCUT2D eigenvalue weighted by molar-refractivity contribution is 7.58. The van der Waals surface area contributed by atoms with Crippen LogP contribution in [-0.4, -0.2) is 17.3 Å². The number of ketones is 1. The molecule has 0 aliphatic heterocycles. The molecule has 0 saturated heterocycles. The van der Waals surface area contributed by atoms with Gasteiger partial charge in [0.15, 0.2) is 5.78 Å². The summed E-state index contributed by atoms with van der Waals surface area (Å²) in [5, 5.41) is 2.83. The second-order valence-electron chi connectivity index (χ2n) is 6.42.